The van der Waals surface area contributed by atoms with Gasteiger partial charge in [-0.2, -0.15) is 0 Å². The number of aryl methyl sites for hydroxylation is 1. The molecular formula is C12H17BrN2O. The molecule has 3 nitrogen and oxygen atoms in total. The Morgan fingerprint density at radius 1 is 1.56 bits per heavy atom. The van der Waals surface area contributed by atoms with Gasteiger partial charge >= 0.3 is 0 Å². The average Bonchev–Trinajstić information content (AvgIpc) is 2.29. The summed E-state index contributed by atoms with van der Waals surface area (Å²) in [5.74, 6) is 1.03. The van der Waals surface area contributed by atoms with Crippen LogP contribution in [0, 0.1) is 6.92 Å². The predicted molar refractivity (Wildman–Crippen MR) is 68.9 cm³/mol. The van der Waals surface area contributed by atoms with Crippen molar-refractivity contribution >= 4 is 21.7 Å². The average molecular weight is 285 g/mol. The molecule has 88 valence electrons. The maximum Gasteiger partial charge on any atom is 0.142 e. The standard InChI is InChI=1S/C12H17BrN2O/c1-9-6-11(13)12(14-7-9)15-5-3-4-10(8-15)16-2/h6-7,10H,3-5,8H2,1-2H3. The van der Waals surface area contributed by atoms with Crippen molar-refractivity contribution in [1.82, 2.24) is 4.98 Å². The van der Waals surface area contributed by atoms with E-state index in [1.54, 1.807) is 7.11 Å². The minimum absolute atomic E-state index is 0.337. The highest BCUT2D eigenvalue weighted by atomic mass is 79.9. The van der Waals surface area contributed by atoms with Crippen LogP contribution in [0.25, 0.3) is 0 Å². The Morgan fingerprint density at radius 3 is 3.06 bits per heavy atom. The smallest absolute Gasteiger partial charge is 0.142 e. The van der Waals surface area contributed by atoms with Crippen LogP contribution in [0.3, 0.4) is 0 Å². The van der Waals surface area contributed by atoms with Gasteiger partial charge in [-0.3, -0.25) is 0 Å². The van der Waals surface area contributed by atoms with Gasteiger partial charge in [0, 0.05) is 26.4 Å². The minimum Gasteiger partial charge on any atom is -0.380 e. The molecular weight excluding hydrogens is 268 g/mol. The van der Waals surface area contributed by atoms with E-state index in [-0.39, 0.29) is 0 Å². The highest BCUT2D eigenvalue weighted by molar-refractivity contribution is 9.10. The molecule has 0 spiro atoms. The Hall–Kier alpha value is -0.610. The SMILES string of the molecule is COC1CCCN(c2ncc(C)cc2Br)C1. The molecule has 2 rings (SSSR count). The van der Waals surface area contributed by atoms with E-state index in [4.69, 9.17) is 4.74 Å². The van der Waals surface area contributed by atoms with Crippen molar-refractivity contribution in [3.8, 4) is 0 Å². The predicted octanol–water partition coefficient (Wildman–Crippen LogP) is 2.77. The second-order valence-electron chi connectivity index (χ2n) is 4.26. The van der Waals surface area contributed by atoms with Crippen molar-refractivity contribution in [3.05, 3.63) is 22.3 Å². The molecule has 4 heteroatoms. The second-order valence-corrected chi connectivity index (χ2v) is 5.12. The molecule has 0 bridgehead atoms. The summed E-state index contributed by atoms with van der Waals surface area (Å²) in [5, 5.41) is 0. The number of halogens is 1. The number of piperidine rings is 1. The molecule has 1 aliphatic heterocycles. The first kappa shape index (κ1) is 11.9. The van der Waals surface area contributed by atoms with E-state index in [1.165, 1.54) is 12.0 Å². The van der Waals surface area contributed by atoms with E-state index in [1.807, 2.05) is 6.20 Å². The molecule has 1 atom stereocenters. The molecule has 1 aromatic rings. The molecule has 0 saturated carbocycles. The van der Waals surface area contributed by atoms with Gasteiger partial charge in [0.1, 0.15) is 5.82 Å². The van der Waals surface area contributed by atoms with E-state index < -0.39 is 0 Å². The van der Waals surface area contributed by atoms with Crippen molar-refractivity contribution < 1.29 is 4.74 Å². The van der Waals surface area contributed by atoms with E-state index in [2.05, 4.69) is 38.8 Å². The molecule has 0 aliphatic carbocycles. The van der Waals surface area contributed by atoms with Crippen molar-refractivity contribution in [2.45, 2.75) is 25.9 Å². The van der Waals surface area contributed by atoms with Crippen LogP contribution in [0.1, 0.15) is 18.4 Å². The summed E-state index contributed by atoms with van der Waals surface area (Å²) in [6.07, 6.45) is 4.57. The zero-order valence-corrected chi connectivity index (χ0v) is 11.3. The number of pyridine rings is 1. The fourth-order valence-electron chi connectivity index (χ4n) is 2.08. The van der Waals surface area contributed by atoms with Crippen LogP contribution in [0.5, 0.6) is 0 Å². The van der Waals surface area contributed by atoms with Gasteiger partial charge in [0.25, 0.3) is 0 Å². The lowest BCUT2D eigenvalue weighted by atomic mass is 10.1. The fraction of sp³-hybridized carbons (Fsp3) is 0.583. The first-order chi connectivity index (χ1) is 7.70. The molecule has 16 heavy (non-hydrogen) atoms. The monoisotopic (exact) mass is 284 g/mol. The molecule has 1 aromatic heterocycles. The summed E-state index contributed by atoms with van der Waals surface area (Å²) < 4.78 is 6.50. The fourth-order valence-corrected chi connectivity index (χ4v) is 2.80. The summed E-state index contributed by atoms with van der Waals surface area (Å²) in [6, 6.07) is 2.11. The number of rotatable bonds is 2. The third-order valence-electron chi connectivity index (χ3n) is 2.97. The molecule has 1 unspecified atom stereocenters. The molecule has 1 aliphatic rings. The maximum atomic E-state index is 5.42. The van der Waals surface area contributed by atoms with E-state index in [0.717, 1.165) is 29.8 Å². The third-order valence-corrected chi connectivity index (χ3v) is 3.55. The molecule has 0 N–H and O–H groups in total. The molecule has 0 aromatic carbocycles. The van der Waals surface area contributed by atoms with E-state index >= 15 is 0 Å². The van der Waals surface area contributed by atoms with Crippen molar-refractivity contribution in [3.63, 3.8) is 0 Å². The molecule has 2 heterocycles. The third kappa shape index (κ3) is 2.55. The van der Waals surface area contributed by atoms with E-state index in [9.17, 15) is 0 Å². The van der Waals surface area contributed by atoms with Crippen LogP contribution in [-0.2, 0) is 4.74 Å². The van der Waals surface area contributed by atoms with E-state index in [0.29, 0.717) is 6.10 Å². The number of anilines is 1. The molecule has 0 radical (unpaired) electrons. The largest absolute Gasteiger partial charge is 0.380 e. The summed E-state index contributed by atoms with van der Waals surface area (Å²) in [5.41, 5.74) is 1.18. The van der Waals surface area contributed by atoms with Gasteiger partial charge in [0.05, 0.1) is 10.6 Å². The number of hydrogen-bond acceptors (Lipinski definition) is 3. The first-order valence-electron chi connectivity index (χ1n) is 5.60. The molecule has 1 saturated heterocycles. The van der Waals surface area contributed by atoms with Gasteiger partial charge in [0.15, 0.2) is 0 Å². The van der Waals surface area contributed by atoms with Gasteiger partial charge in [-0.15, -0.1) is 0 Å². The van der Waals surface area contributed by atoms with Crippen molar-refractivity contribution in [2.75, 3.05) is 25.1 Å². The lowest BCUT2D eigenvalue weighted by Gasteiger charge is -2.33. The van der Waals surface area contributed by atoms with Crippen LogP contribution < -0.4 is 4.90 Å². The van der Waals surface area contributed by atoms with Gasteiger partial charge in [-0.05, 0) is 47.3 Å². The topological polar surface area (TPSA) is 25.4 Å². The minimum atomic E-state index is 0.337. The lowest BCUT2D eigenvalue weighted by molar-refractivity contribution is 0.0891. The Morgan fingerprint density at radius 2 is 2.38 bits per heavy atom. The highest BCUT2D eigenvalue weighted by Gasteiger charge is 2.21. The summed E-state index contributed by atoms with van der Waals surface area (Å²) in [6.45, 7) is 4.05. The lowest BCUT2D eigenvalue weighted by Crippen LogP contribution is -2.39. The zero-order valence-electron chi connectivity index (χ0n) is 9.74. The van der Waals surface area contributed by atoms with Crippen LogP contribution in [0.2, 0.25) is 0 Å². The Kier molecular flexibility index (Phi) is 3.82. The normalized spacial score (nSPS) is 21.2. The molecule has 0 amide bonds. The number of aromatic nitrogens is 1. The van der Waals surface area contributed by atoms with Crippen LogP contribution >= 0.6 is 15.9 Å². The maximum absolute atomic E-state index is 5.42. The first-order valence-corrected chi connectivity index (χ1v) is 6.40. The number of nitrogens with zero attached hydrogens (tertiary/aromatic N) is 2. The Labute approximate surface area is 105 Å². The number of ether oxygens (including phenoxy) is 1. The number of methoxy groups -OCH3 is 1. The van der Waals surface area contributed by atoms with Crippen molar-refractivity contribution in [1.29, 1.82) is 0 Å². The summed E-state index contributed by atoms with van der Waals surface area (Å²) in [4.78, 5) is 6.79. The highest BCUT2D eigenvalue weighted by Crippen LogP contribution is 2.27. The zero-order chi connectivity index (χ0) is 11.5. The number of hydrogen-bond donors (Lipinski definition) is 0. The Balaban J connectivity index is 2.16. The van der Waals surface area contributed by atoms with Gasteiger partial charge < -0.3 is 9.64 Å². The van der Waals surface area contributed by atoms with Crippen LogP contribution in [0.4, 0.5) is 5.82 Å². The van der Waals surface area contributed by atoms with Crippen LogP contribution in [0.15, 0.2) is 16.7 Å². The van der Waals surface area contributed by atoms with Crippen LogP contribution in [-0.4, -0.2) is 31.3 Å². The summed E-state index contributed by atoms with van der Waals surface area (Å²) >= 11 is 3.58. The Bertz CT molecular complexity index is 370. The quantitative estimate of drug-likeness (QED) is 0.835. The van der Waals surface area contributed by atoms with Gasteiger partial charge in [-0.25, -0.2) is 4.98 Å². The molecule has 1 fully saturated rings. The van der Waals surface area contributed by atoms with Crippen molar-refractivity contribution in [2.24, 2.45) is 0 Å². The van der Waals surface area contributed by atoms with Gasteiger partial charge in [-0.1, -0.05) is 0 Å². The van der Waals surface area contributed by atoms with Gasteiger partial charge in [0.2, 0.25) is 0 Å². The summed E-state index contributed by atoms with van der Waals surface area (Å²) in [7, 11) is 1.78. The second kappa shape index (κ2) is 5.15.